The average molecular weight is 351 g/mol. The zero-order valence-corrected chi connectivity index (χ0v) is 13.5. The van der Waals surface area contributed by atoms with Crippen LogP contribution in [-0.4, -0.2) is 17.1 Å². The second kappa shape index (κ2) is 8.21. The molecule has 126 valence electrons. The molecular weight excluding hydrogens is 336 g/mol. The highest BCUT2D eigenvalue weighted by atomic mass is 32.1. The summed E-state index contributed by atoms with van der Waals surface area (Å²) in [7, 11) is 0. The number of benzene rings is 2. The van der Waals surface area contributed by atoms with Crippen molar-refractivity contribution in [3.05, 3.63) is 60.2 Å². The van der Waals surface area contributed by atoms with E-state index in [-0.39, 0.29) is 16.5 Å². The minimum Gasteiger partial charge on any atom is -0.478 e. The van der Waals surface area contributed by atoms with Gasteiger partial charge in [0, 0.05) is 0 Å². The number of amides is 1. The largest absolute Gasteiger partial charge is 0.478 e. The molecule has 0 fully saturated rings. The average Bonchev–Trinajstić information content (AvgIpc) is 2.56. The van der Waals surface area contributed by atoms with E-state index in [0.717, 1.165) is 0 Å². The number of rotatable bonds is 4. The number of thiocarbonyl (C=S) groups is 1. The van der Waals surface area contributed by atoms with Crippen LogP contribution in [-0.2, 0) is 4.79 Å². The summed E-state index contributed by atoms with van der Waals surface area (Å²) >= 11 is 4.95. The fourth-order valence-corrected chi connectivity index (χ4v) is 1.88. The first-order chi connectivity index (χ1) is 11.5. The van der Waals surface area contributed by atoms with Crippen LogP contribution in [0.3, 0.4) is 0 Å². The number of hydrogen-bond acceptors (Lipinski definition) is 3. The second-order valence-corrected chi connectivity index (χ2v) is 5.15. The summed E-state index contributed by atoms with van der Waals surface area (Å²) in [5, 5.41) is 2.59. The second-order valence-electron chi connectivity index (χ2n) is 4.74. The monoisotopic (exact) mass is 351 g/mol. The number of carbonyl (C=O) groups is 1. The summed E-state index contributed by atoms with van der Waals surface area (Å²) in [5.41, 5.74) is 4.89. The molecular formula is C16H15F2N3O2S. The fraction of sp³-hybridized carbons (Fsp3) is 0.125. The molecule has 0 aliphatic rings. The molecule has 1 atom stereocenters. The molecule has 0 aliphatic heterocycles. The van der Waals surface area contributed by atoms with Gasteiger partial charge in [-0.05, 0) is 43.4 Å². The Hall–Kier alpha value is -2.74. The minimum atomic E-state index is -0.967. The van der Waals surface area contributed by atoms with E-state index in [9.17, 15) is 13.6 Å². The Kier molecular flexibility index (Phi) is 6.02. The summed E-state index contributed by atoms with van der Waals surface area (Å²) in [6.45, 7) is 1.46. The summed E-state index contributed by atoms with van der Waals surface area (Å²) in [5.74, 6) is -1.66. The zero-order chi connectivity index (χ0) is 17.5. The topological polar surface area (TPSA) is 62.4 Å². The number of nitrogens with one attached hydrogen (secondary N) is 3. The number of carbonyl (C=O) groups excluding carboxylic acids is 1. The minimum absolute atomic E-state index is 0.00783. The fourth-order valence-electron chi connectivity index (χ4n) is 1.72. The van der Waals surface area contributed by atoms with E-state index in [4.69, 9.17) is 17.0 Å². The van der Waals surface area contributed by atoms with E-state index in [0.29, 0.717) is 0 Å². The van der Waals surface area contributed by atoms with Gasteiger partial charge in [-0.3, -0.25) is 15.6 Å². The van der Waals surface area contributed by atoms with E-state index in [1.165, 1.54) is 37.3 Å². The van der Waals surface area contributed by atoms with Gasteiger partial charge in [0.1, 0.15) is 5.82 Å². The lowest BCUT2D eigenvalue weighted by molar-refractivity contribution is -0.127. The molecule has 2 aromatic rings. The SMILES string of the molecule is C[C@@H](Oc1ccccc1F)C(=O)NNC(=S)Nc1ccccc1F. The summed E-state index contributed by atoms with van der Waals surface area (Å²) < 4.78 is 32.2. The predicted molar refractivity (Wildman–Crippen MR) is 90.4 cm³/mol. The van der Waals surface area contributed by atoms with Gasteiger partial charge >= 0.3 is 0 Å². The first-order valence-electron chi connectivity index (χ1n) is 7.00. The van der Waals surface area contributed by atoms with Gasteiger partial charge in [0.2, 0.25) is 0 Å². The molecule has 0 spiro atoms. The maximum Gasteiger partial charge on any atom is 0.279 e. The van der Waals surface area contributed by atoms with Crippen LogP contribution in [0.1, 0.15) is 6.92 Å². The van der Waals surface area contributed by atoms with Gasteiger partial charge in [0.05, 0.1) is 5.69 Å². The van der Waals surface area contributed by atoms with Gasteiger partial charge < -0.3 is 10.1 Å². The lowest BCUT2D eigenvalue weighted by Crippen LogP contribution is -2.48. The molecule has 0 aliphatic carbocycles. The zero-order valence-electron chi connectivity index (χ0n) is 12.7. The van der Waals surface area contributed by atoms with Crippen molar-refractivity contribution in [2.24, 2.45) is 0 Å². The summed E-state index contributed by atoms with van der Waals surface area (Å²) in [6.07, 6.45) is -0.967. The number of halogens is 2. The van der Waals surface area contributed by atoms with Crippen LogP contribution in [0.5, 0.6) is 5.75 Å². The molecule has 0 bridgehead atoms. The maximum atomic E-state index is 13.5. The Bertz CT molecular complexity index is 743. The highest BCUT2D eigenvalue weighted by Gasteiger charge is 2.16. The molecule has 1 amide bonds. The number of anilines is 1. The third-order valence-corrected chi connectivity index (χ3v) is 3.14. The van der Waals surface area contributed by atoms with Crippen molar-refractivity contribution in [3.63, 3.8) is 0 Å². The smallest absolute Gasteiger partial charge is 0.279 e. The van der Waals surface area contributed by atoms with Crippen molar-refractivity contribution in [1.82, 2.24) is 10.9 Å². The molecule has 8 heteroatoms. The summed E-state index contributed by atoms with van der Waals surface area (Å²) in [6, 6.07) is 11.7. The normalized spacial score (nSPS) is 11.3. The van der Waals surface area contributed by atoms with Gasteiger partial charge in [-0.15, -0.1) is 0 Å². The number of hydrogen-bond donors (Lipinski definition) is 3. The van der Waals surface area contributed by atoms with Crippen LogP contribution in [0.15, 0.2) is 48.5 Å². The van der Waals surface area contributed by atoms with Crippen LogP contribution in [0.25, 0.3) is 0 Å². The lowest BCUT2D eigenvalue weighted by Gasteiger charge is -2.17. The highest BCUT2D eigenvalue weighted by Crippen LogP contribution is 2.17. The molecule has 0 saturated heterocycles. The van der Waals surface area contributed by atoms with E-state index in [1.807, 2.05) is 0 Å². The van der Waals surface area contributed by atoms with Crippen molar-refractivity contribution in [3.8, 4) is 5.75 Å². The highest BCUT2D eigenvalue weighted by molar-refractivity contribution is 7.80. The Morgan fingerprint density at radius 1 is 1.04 bits per heavy atom. The number of hydrazine groups is 1. The van der Waals surface area contributed by atoms with Crippen molar-refractivity contribution < 1.29 is 18.3 Å². The molecule has 5 nitrogen and oxygen atoms in total. The van der Waals surface area contributed by atoms with Crippen LogP contribution < -0.4 is 20.9 Å². The summed E-state index contributed by atoms with van der Waals surface area (Å²) in [4.78, 5) is 11.9. The van der Waals surface area contributed by atoms with Crippen molar-refractivity contribution in [1.29, 1.82) is 0 Å². The first-order valence-corrected chi connectivity index (χ1v) is 7.41. The van der Waals surface area contributed by atoms with Crippen molar-refractivity contribution in [2.45, 2.75) is 13.0 Å². The molecule has 24 heavy (non-hydrogen) atoms. The number of ether oxygens (including phenoxy) is 1. The number of para-hydroxylation sites is 2. The van der Waals surface area contributed by atoms with Gasteiger partial charge in [0.15, 0.2) is 22.8 Å². The predicted octanol–water partition coefficient (Wildman–Crippen LogP) is 2.75. The van der Waals surface area contributed by atoms with E-state index >= 15 is 0 Å². The van der Waals surface area contributed by atoms with Gasteiger partial charge in [0.25, 0.3) is 5.91 Å². The molecule has 0 aromatic heterocycles. The molecule has 0 unspecified atom stereocenters. The van der Waals surface area contributed by atoms with E-state index in [2.05, 4.69) is 16.2 Å². The molecule has 2 aromatic carbocycles. The standard InChI is InChI=1S/C16H15F2N3O2S/c1-10(23-14-9-5-3-7-12(14)18)15(22)20-21-16(24)19-13-8-4-2-6-11(13)17/h2-10H,1H3,(H,20,22)(H2,19,21,24)/t10-/m1/s1. The lowest BCUT2D eigenvalue weighted by atomic mass is 10.3. The van der Waals surface area contributed by atoms with E-state index < -0.39 is 23.6 Å². The van der Waals surface area contributed by atoms with Crippen molar-refractivity contribution >= 4 is 28.9 Å². The van der Waals surface area contributed by atoms with Crippen LogP contribution >= 0.6 is 12.2 Å². The Balaban J connectivity index is 1.83. The molecule has 3 N–H and O–H groups in total. The Morgan fingerprint density at radius 2 is 1.67 bits per heavy atom. The molecule has 0 radical (unpaired) electrons. The van der Waals surface area contributed by atoms with Crippen LogP contribution in [0.2, 0.25) is 0 Å². The van der Waals surface area contributed by atoms with E-state index in [1.54, 1.807) is 18.2 Å². The molecule has 0 heterocycles. The third kappa shape index (κ3) is 4.88. The van der Waals surface area contributed by atoms with Crippen molar-refractivity contribution in [2.75, 3.05) is 5.32 Å². The van der Waals surface area contributed by atoms with Crippen LogP contribution in [0, 0.1) is 11.6 Å². The van der Waals surface area contributed by atoms with Gasteiger partial charge in [-0.25, -0.2) is 8.78 Å². The Labute approximate surface area is 143 Å². The van der Waals surface area contributed by atoms with Crippen LogP contribution in [0.4, 0.5) is 14.5 Å². The first kappa shape index (κ1) is 17.6. The molecule has 2 rings (SSSR count). The van der Waals surface area contributed by atoms with Gasteiger partial charge in [-0.1, -0.05) is 24.3 Å². The maximum absolute atomic E-state index is 13.5. The molecule has 0 saturated carbocycles. The Morgan fingerprint density at radius 3 is 2.33 bits per heavy atom. The van der Waals surface area contributed by atoms with Gasteiger partial charge in [-0.2, -0.15) is 0 Å². The quantitative estimate of drug-likeness (QED) is 0.584. The third-order valence-electron chi connectivity index (χ3n) is 2.93.